The molecule has 11 heteroatoms. The highest BCUT2D eigenvalue weighted by molar-refractivity contribution is 7.12. The molecule has 1 amide bonds. The summed E-state index contributed by atoms with van der Waals surface area (Å²) in [5.74, 6) is 0.501. The molecule has 3 N–H and O–H groups in total. The smallest absolute Gasteiger partial charge is 0.275 e. The monoisotopic (exact) mass is 533 g/mol. The summed E-state index contributed by atoms with van der Waals surface area (Å²) in [6.07, 6.45) is 7.38. The van der Waals surface area contributed by atoms with Crippen LogP contribution < -0.4 is 20.3 Å². The number of carbonyl (C=O) groups excluding carboxylic acids is 1. The van der Waals surface area contributed by atoms with E-state index in [-0.39, 0.29) is 23.6 Å². The number of fused-ring (bicyclic) bond motifs is 1. The van der Waals surface area contributed by atoms with Crippen LogP contribution in [0.3, 0.4) is 0 Å². The van der Waals surface area contributed by atoms with Crippen LogP contribution >= 0.6 is 11.3 Å². The van der Waals surface area contributed by atoms with Crippen LogP contribution in [0.25, 0.3) is 15.9 Å². The van der Waals surface area contributed by atoms with Gasteiger partial charge in [-0.2, -0.15) is 0 Å². The Balaban J connectivity index is 1.19. The molecule has 0 bridgehead atoms. The van der Waals surface area contributed by atoms with Crippen LogP contribution in [0.5, 0.6) is 11.6 Å². The van der Waals surface area contributed by atoms with Crippen molar-refractivity contribution >= 4 is 39.4 Å². The summed E-state index contributed by atoms with van der Waals surface area (Å²) in [6.45, 7) is 5.55. The summed E-state index contributed by atoms with van der Waals surface area (Å²) in [5, 5.41) is 21.1. The van der Waals surface area contributed by atoms with Gasteiger partial charge in [0.1, 0.15) is 17.5 Å². The molecule has 0 saturated carbocycles. The highest BCUT2D eigenvalue weighted by Crippen LogP contribution is 2.34. The van der Waals surface area contributed by atoms with Crippen molar-refractivity contribution in [2.24, 2.45) is 0 Å². The Morgan fingerprint density at radius 2 is 2.00 bits per heavy atom. The fourth-order valence-corrected chi connectivity index (χ4v) is 5.80. The molecule has 5 heterocycles. The molecule has 198 valence electrons. The zero-order valence-corrected chi connectivity index (χ0v) is 22.1. The fourth-order valence-electron chi connectivity index (χ4n) is 5.02. The lowest BCUT2D eigenvalue weighted by atomic mass is 10.1. The van der Waals surface area contributed by atoms with E-state index in [4.69, 9.17) is 4.74 Å². The van der Waals surface area contributed by atoms with Gasteiger partial charge in [-0.3, -0.25) is 14.3 Å². The van der Waals surface area contributed by atoms with Crippen molar-refractivity contribution in [2.45, 2.75) is 18.9 Å². The summed E-state index contributed by atoms with van der Waals surface area (Å²) in [5.41, 5.74) is 1.88. The number of piperazine rings is 1. The summed E-state index contributed by atoms with van der Waals surface area (Å²) >= 11 is 1.30. The van der Waals surface area contributed by atoms with Crippen LogP contribution in [0.1, 0.15) is 23.3 Å². The topological polar surface area (TPSA) is 108 Å². The Hall–Kier alpha value is -3.67. The van der Waals surface area contributed by atoms with Gasteiger partial charge in [-0.05, 0) is 44.2 Å². The number of rotatable bonds is 6. The number of likely N-dealkylation sites (tertiary alicyclic amines) is 1. The van der Waals surface area contributed by atoms with E-state index in [1.165, 1.54) is 11.3 Å². The largest absolute Gasteiger partial charge is 0.494 e. The van der Waals surface area contributed by atoms with Gasteiger partial charge in [-0.25, -0.2) is 4.98 Å². The predicted molar refractivity (Wildman–Crippen MR) is 149 cm³/mol. The highest BCUT2D eigenvalue weighted by atomic mass is 32.1. The Morgan fingerprint density at radius 3 is 2.82 bits per heavy atom. The van der Waals surface area contributed by atoms with Gasteiger partial charge in [0, 0.05) is 67.8 Å². The first-order valence-corrected chi connectivity index (χ1v) is 13.8. The fraction of sp³-hybridized carbons (Fsp3) is 0.370. The number of piperidine rings is 1. The average Bonchev–Trinajstić information content (AvgIpc) is 3.56. The van der Waals surface area contributed by atoms with E-state index in [9.17, 15) is 9.90 Å². The second-order valence-electron chi connectivity index (χ2n) is 9.79. The molecular weight excluding hydrogens is 502 g/mol. The molecular formula is C27H31N7O3S. The second kappa shape index (κ2) is 10.6. The van der Waals surface area contributed by atoms with Gasteiger partial charge in [0.15, 0.2) is 5.13 Å². The van der Waals surface area contributed by atoms with E-state index in [0.717, 1.165) is 68.9 Å². The van der Waals surface area contributed by atoms with E-state index in [2.05, 4.69) is 37.4 Å². The number of aromatic hydroxyl groups is 1. The summed E-state index contributed by atoms with van der Waals surface area (Å²) in [6, 6.07) is 7.68. The lowest BCUT2D eigenvalue weighted by molar-refractivity contribution is 0.102. The Bertz CT molecular complexity index is 1440. The summed E-state index contributed by atoms with van der Waals surface area (Å²) in [7, 11) is 2.13. The number of carbonyl (C=O) groups is 1. The van der Waals surface area contributed by atoms with Crippen molar-refractivity contribution in [1.82, 2.24) is 24.8 Å². The van der Waals surface area contributed by atoms with Gasteiger partial charge < -0.3 is 30.3 Å². The van der Waals surface area contributed by atoms with Crippen molar-refractivity contribution in [3.63, 3.8) is 0 Å². The number of thiazole rings is 1. The Morgan fingerprint density at radius 1 is 1.18 bits per heavy atom. The molecule has 2 fully saturated rings. The van der Waals surface area contributed by atoms with E-state index >= 15 is 0 Å². The SMILES string of the molecule is CN1CCC(Oc2ccc3cn(-c4nc(C(=O)Nc5cnccc5N5CCNCC5)cs4)c(O)c3c2)CC1. The number of amides is 1. The van der Waals surface area contributed by atoms with Gasteiger partial charge in [-0.1, -0.05) is 0 Å². The van der Waals surface area contributed by atoms with Crippen LogP contribution in [0.15, 0.2) is 48.2 Å². The molecule has 0 atom stereocenters. The number of ether oxygens (including phenoxy) is 1. The van der Waals surface area contributed by atoms with Crippen molar-refractivity contribution in [3.8, 4) is 16.8 Å². The molecule has 2 aliphatic heterocycles. The van der Waals surface area contributed by atoms with Crippen molar-refractivity contribution in [1.29, 1.82) is 0 Å². The van der Waals surface area contributed by atoms with E-state index in [0.29, 0.717) is 16.2 Å². The molecule has 3 aromatic heterocycles. The Kier molecular flexibility index (Phi) is 6.88. The first-order chi connectivity index (χ1) is 18.5. The van der Waals surface area contributed by atoms with Gasteiger partial charge in [0.2, 0.25) is 5.88 Å². The molecule has 0 spiro atoms. The summed E-state index contributed by atoms with van der Waals surface area (Å²) < 4.78 is 7.82. The van der Waals surface area contributed by atoms with E-state index in [1.807, 2.05) is 30.5 Å². The number of nitrogens with one attached hydrogen (secondary N) is 2. The van der Waals surface area contributed by atoms with Gasteiger partial charge in [-0.15, -0.1) is 11.3 Å². The second-order valence-corrected chi connectivity index (χ2v) is 10.6. The minimum absolute atomic E-state index is 0.0726. The minimum Gasteiger partial charge on any atom is -0.494 e. The average molecular weight is 534 g/mol. The minimum atomic E-state index is -0.318. The molecule has 0 aliphatic carbocycles. The number of hydrogen-bond donors (Lipinski definition) is 3. The number of nitrogens with zero attached hydrogens (tertiary/aromatic N) is 5. The highest BCUT2D eigenvalue weighted by Gasteiger charge is 2.21. The predicted octanol–water partition coefficient (Wildman–Crippen LogP) is 3.32. The number of aromatic nitrogens is 3. The maximum atomic E-state index is 13.1. The molecule has 6 rings (SSSR count). The number of benzene rings is 1. The standard InChI is InChI=1S/C27H31N7O3S/c1-32-10-5-19(6-11-32)37-20-3-2-18-16-34(26(36)21(18)14-20)27-31-23(17-38-27)25(35)30-22-15-29-7-4-24(22)33-12-8-28-9-13-33/h2-4,7,14-17,19,28,36H,5-6,8-13H2,1H3,(H,30,35). The third-order valence-corrected chi connectivity index (χ3v) is 8.01. The number of hydrogen-bond acceptors (Lipinski definition) is 9. The van der Waals surface area contributed by atoms with E-state index < -0.39 is 0 Å². The lowest BCUT2D eigenvalue weighted by Gasteiger charge is -2.30. The molecule has 4 aromatic rings. The molecule has 0 unspecified atom stereocenters. The summed E-state index contributed by atoms with van der Waals surface area (Å²) in [4.78, 5) is 26.3. The van der Waals surface area contributed by atoms with Gasteiger partial charge in [0.05, 0.1) is 17.6 Å². The zero-order valence-electron chi connectivity index (χ0n) is 21.3. The molecule has 38 heavy (non-hydrogen) atoms. The maximum absolute atomic E-state index is 13.1. The van der Waals surface area contributed by atoms with Crippen molar-refractivity contribution in [2.75, 3.05) is 56.5 Å². The third-order valence-electron chi connectivity index (χ3n) is 7.17. The van der Waals surface area contributed by atoms with Gasteiger partial charge in [0.25, 0.3) is 5.91 Å². The quantitative estimate of drug-likeness (QED) is 0.347. The maximum Gasteiger partial charge on any atom is 0.275 e. The number of pyridine rings is 1. The van der Waals surface area contributed by atoms with E-state index in [1.54, 1.807) is 22.3 Å². The molecule has 2 saturated heterocycles. The van der Waals surface area contributed by atoms with Crippen LogP contribution in [0, 0.1) is 0 Å². The van der Waals surface area contributed by atoms with Gasteiger partial charge >= 0.3 is 0 Å². The third kappa shape index (κ3) is 5.04. The van der Waals surface area contributed by atoms with Crippen molar-refractivity contribution in [3.05, 3.63) is 53.9 Å². The zero-order chi connectivity index (χ0) is 26.1. The first kappa shape index (κ1) is 24.7. The molecule has 0 radical (unpaired) electrons. The molecule has 10 nitrogen and oxygen atoms in total. The van der Waals surface area contributed by atoms with Crippen LogP contribution in [-0.2, 0) is 0 Å². The first-order valence-electron chi connectivity index (χ1n) is 12.9. The van der Waals surface area contributed by atoms with Crippen LogP contribution in [0.4, 0.5) is 11.4 Å². The normalized spacial score (nSPS) is 17.1. The van der Waals surface area contributed by atoms with Crippen molar-refractivity contribution < 1.29 is 14.6 Å². The van der Waals surface area contributed by atoms with Crippen LogP contribution in [0.2, 0.25) is 0 Å². The number of anilines is 2. The van der Waals surface area contributed by atoms with Crippen LogP contribution in [-0.4, -0.2) is 82.9 Å². The molecule has 2 aliphatic rings. The Labute approximate surface area is 224 Å². The molecule has 1 aromatic carbocycles. The lowest BCUT2D eigenvalue weighted by Crippen LogP contribution is -2.43.